The fourth-order valence-electron chi connectivity index (χ4n) is 3.25. The van der Waals surface area contributed by atoms with Gasteiger partial charge in [0.05, 0.1) is 5.56 Å². The Morgan fingerprint density at radius 2 is 1.79 bits per heavy atom. The predicted octanol–water partition coefficient (Wildman–Crippen LogP) is 4.71. The van der Waals surface area contributed by atoms with Crippen LogP contribution in [0.15, 0.2) is 55.0 Å². The topological polar surface area (TPSA) is 59.3 Å². The Morgan fingerprint density at radius 3 is 2.45 bits per heavy atom. The second-order valence-electron chi connectivity index (χ2n) is 7.03. The molecule has 0 saturated heterocycles. The van der Waals surface area contributed by atoms with Crippen molar-refractivity contribution in [2.24, 2.45) is 0 Å². The summed E-state index contributed by atoms with van der Waals surface area (Å²) in [5.74, 6) is -0.209. The van der Waals surface area contributed by atoms with Crippen molar-refractivity contribution in [2.75, 3.05) is 0 Å². The second kappa shape index (κ2) is 6.88. The summed E-state index contributed by atoms with van der Waals surface area (Å²) in [5, 5.41) is 8.46. The number of halogens is 3. The summed E-state index contributed by atoms with van der Waals surface area (Å²) in [5.41, 5.74) is 1.64. The molecule has 29 heavy (non-hydrogen) atoms. The average Bonchev–Trinajstić information content (AvgIpc) is 3.14. The van der Waals surface area contributed by atoms with Crippen molar-refractivity contribution in [1.29, 1.82) is 0 Å². The van der Waals surface area contributed by atoms with Crippen molar-refractivity contribution >= 4 is 22.3 Å². The fourth-order valence-corrected chi connectivity index (χ4v) is 3.25. The quantitative estimate of drug-likeness (QED) is 0.544. The number of pyridine rings is 1. The number of hydrogen-bond acceptors (Lipinski definition) is 3. The molecule has 2 aromatic carbocycles. The van der Waals surface area contributed by atoms with E-state index in [4.69, 9.17) is 0 Å². The molecular weight excluding hydrogens is 381 g/mol. The van der Waals surface area contributed by atoms with Gasteiger partial charge in [0, 0.05) is 28.8 Å². The van der Waals surface area contributed by atoms with Crippen molar-refractivity contribution < 1.29 is 18.0 Å². The van der Waals surface area contributed by atoms with E-state index in [0.29, 0.717) is 27.7 Å². The van der Waals surface area contributed by atoms with E-state index < -0.39 is 11.7 Å². The Balaban J connectivity index is 1.89. The van der Waals surface area contributed by atoms with E-state index in [1.54, 1.807) is 28.9 Å². The number of alkyl halides is 3. The van der Waals surface area contributed by atoms with Gasteiger partial charge >= 0.3 is 6.18 Å². The van der Waals surface area contributed by atoms with Crippen molar-refractivity contribution in [3.05, 3.63) is 66.1 Å². The minimum atomic E-state index is -4.39. The van der Waals surface area contributed by atoms with Gasteiger partial charge in [-0.2, -0.15) is 18.3 Å². The van der Waals surface area contributed by atoms with Gasteiger partial charge in [0.2, 0.25) is 0 Å². The number of benzene rings is 2. The highest BCUT2D eigenvalue weighted by molar-refractivity contribution is 6.07. The smallest absolute Gasteiger partial charge is 0.350 e. The Morgan fingerprint density at radius 1 is 1.07 bits per heavy atom. The van der Waals surface area contributed by atoms with Crippen LogP contribution in [0.5, 0.6) is 0 Å². The maximum absolute atomic E-state index is 12.9. The zero-order valence-corrected chi connectivity index (χ0v) is 15.7. The van der Waals surface area contributed by atoms with E-state index in [0.717, 1.165) is 17.5 Å². The van der Waals surface area contributed by atoms with Crippen LogP contribution in [0, 0.1) is 0 Å². The number of rotatable bonds is 3. The van der Waals surface area contributed by atoms with E-state index in [1.165, 1.54) is 18.5 Å². The number of hydrogen-bond donors (Lipinski definition) is 1. The summed E-state index contributed by atoms with van der Waals surface area (Å²) in [4.78, 5) is 16.7. The van der Waals surface area contributed by atoms with Gasteiger partial charge in [-0.3, -0.25) is 4.79 Å². The minimum absolute atomic E-state index is 0.00945. The molecular formula is C21H17F3N4O. The molecule has 1 amide bonds. The van der Waals surface area contributed by atoms with Crippen molar-refractivity contribution in [3.8, 4) is 11.1 Å². The number of amides is 1. The van der Waals surface area contributed by atoms with Gasteiger partial charge in [-0.15, -0.1) is 0 Å². The molecule has 148 valence electrons. The van der Waals surface area contributed by atoms with Crippen molar-refractivity contribution in [1.82, 2.24) is 19.9 Å². The van der Waals surface area contributed by atoms with Crippen LogP contribution in [0.2, 0.25) is 0 Å². The van der Waals surface area contributed by atoms with Crippen LogP contribution in [0.1, 0.15) is 29.8 Å². The number of aromatic nitrogens is 3. The molecule has 5 nitrogen and oxygen atoms in total. The van der Waals surface area contributed by atoms with Gasteiger partial charge < -0.3 is 5.32 Å². The Kier molecular flexibility index (Phi) is 4.49. The van der Waals surface area contributed by atoms with Gasteiger partial charge in [0.25, 0.3) is 5.91 Å². The lowest BCUT2D eigenvalue weighted by atomic mass is 9.98. The molecule has 0 unspecified atom stereocenters. The molecule has 0 radical (unpaired) electrons. The Bertz CT molecular complexity index is 1210. The van der Waals surface area contributed by atoms with Crippen LogP contribution in [0.25, 0.3) is 27.5 Å². The lowest BCUT2D eigenvalue weighted by Crippen LogP contribution is -2.30. The normalized spacial score (nSPS) is 12.1. The third kappa shape index (κ3) is 3.53. The van der Waals surface area contributed by atoms with Gasteiger partial charge in [0.1, 0.15) is 6.33 Å². The fraction of sp³-hybridized carbons (Fsp3) is 0.190. The zero-order valence-electron chi connectivity index (χ0n) is 15.7. The number of carbonyl (C=O) groups excluding carboxylic acids is 1. The van der Waals surface area contributed by atoms with Crippen LogP contribution in [0.4, 0.5) is 13.2 Å². The van der Waals surface area contributed by atoms with Gasteiger partial charge in [-0.05, 0) is 49.1 Å². The molecule has 0 bridgehead atoms. The average molecular weight is 398 g/mol. The summed E-state index contributed by atoms with van der Waals surface area (Å²) in [6.07, 6.45) is -1.28. The zero-order chi connectivity index (χ0) is 20.8. The monoisotopic (exact) mass is 398 g/mol. The van der Waals surface area contributed by atoms with Crippen LogP contribution in [0.3, 0.4) is 0 Å². The van der Waals surface area contributed by atoms with Crippen LogP contribution >= 0.6 is 0 Å². The first kappa shape index (κ1) is 18.9. The molecule has 0 aliphatic heterocycles. The summed E-state index contributed by atoms with van der Waals surface area (Å²) in [6.45, 7) is 3.75. The third-order valence-corrected chi connectivity index (χ3v) is 4.58. The van der Waals surface area contributed by atoms with E-state index in [-0.39, 0.29) is 11.9 Å². The summed E-state index contributed by atoms with van der Waals surface area (Å²) < 4.78 is 40.2. The SMILES string of the molecule is CC(C)NC(=O)c1ccc2c(-c3ccc(C(F)(F)F)cc3)cn3ncnc3c2c1. The molecule has 0 spiro atoms. The maximum atomic E-state index is 12.9. The predicted molar refractivity (Wildman–Crippen MR) is 104 cm³/mol. The van der Waals surface area contributed by atoms with Crippen molar-refractivity contribution in [2.45, 2.75) is 26.1 Å². The van der Waals surface area contributed by atoms with E-state index >= 15 is 0 Å². The highest BCUT2D eigenvalue weighted by Gasteiger charge is 2.30. The van der Waals surface area contributed by atoms with Gasteiger partial charge in [-0.25, -0.2) is 9.50 Å². The lowest BCUT2D eigenvalue weighted by Gasteiger charge is -2.12. The Labute approximate surface area is 164 Å². The molecule has 8 heteroatoms. The second-order valence-corrected chi connectivity index (χ2v) is 7.03. The summed E-state index contributed by atoms with van der Waals surface area (Å²) in [6, 6.07) is 10.2. The highest BCUT2D eigenvalue weighted by Crippen LogP contribution is 2.34. The van der Waals surface area contributed by atoms with Gasteiger partial charge in [-0.1, -0.05) is 18.2 Å². The molecule has 4 rings (SSSR count). The largest absolute Gasteiger partial charge is 0.416 e. The van der Waals surface area contributed by atoms with E-state index in [9.17, 15) is 18.0 Å². The third-order valence-electron chi connectivity index (χ3n) is 4.58. The number of carbonyl (C=O) groups is 1. The minimum Gasteiger partial charge on any atom is -0.350 e. The Hall–Kier alpha value is -3.42. The number of nitrogens with zero attached hydrogens (tertiary/aromatic N) is 3. The van der Waals surface area contributed by atoms with Gasteiger partial charge in [0.15, 0.2) is 5.65 Å². The van der Waals surface area contributed by atoms with Crippen LogP contribution in [-0.2, 0) is 6.18 Å². The standard InChI is InChI=1S/C21H17F3N4O/c1-12(2)27-20(29)14-5-8-16-17(9-14)19-25-11-26-28(19)10-18(16)13-3-6-15(7-4-13)21(22,23)24/h3-12H,1-2H3,(H,27,29). The van der Waals surface area contributed by atoms with Crippen molar-refractivity contribution in [3.63, 3.8) is 0 Å². The van der Waals surface area contributed by atoms with E-state index in [2.05, 4.69) is 15.4 Å². The molecule has 4 aromatic rings. The first-order valence-corrected chi connectivity index (χ1v) is 8.98. The summed E-state index contributed by atoms with van der Waals surface area (Å²) >= 11 is 0. The molecule has 2 aromatic heterocycles. The summed E-state index contributed by atoms with van der Waals surface area (Å²) in [7, 11) is 0. The first-order valence-electron chi connectivity index (χ1n) is 8.98. The number of nitrogens with one attached hydrogen (secondary N) is 1. The molecule has 0 fully saturated rings. The molecule has 2 heterocycles. The molecule has 0 saturated carbocycles. The first-order chi connectivity index (χ1) is 13.7. The molecule has 0 aliphatic rings. The molecule has 1 N–H and O–H groups in total. The molecule has 0 atom stereocenters. The number of fused-ring (bicyclic) bond motifs is 3. The van der Waals surface area contributed by atoms with Crippen LogP contribution < -0.4 is 5.32 Å². The highest BCUT2D eigenvalue weighted by atomic mass is 19.4. The van der Waals surface area contributed by atoms with E-state index in [1.807, 2.05) is 13.8 Å². The maximum Gasteiger partial charge on any atom is 0.416 e. The van der Waals surface area contributed by atoms with Crippen LogP contribution in [-0.4, -0.2) is 26.5 Å². The molecule has 0 aliphatic carbocycles. The lowest BCUT2D eigenvalue weighted by molar-refractivity contribution is -0.137.